The molecular weight excluding hydrogens is 404 g/mol. The van der Waals surface area contributed by atoms with Crippen molar-refractivity contribution in [3.8, 4) is 0 Å². The van der Waals surface area contributed by atoms with Crippen molar-refractivity contribution >= 4 is 41.8 Å². The molecule has 30 heavy (non-hydrogen) atoms. The minimum Gasteiger partial charge on any atom is -0.378 e. The van der Waals surface area contributed by atoms with Crippen molar-refractivity contribution in [2.75, 3.05) is 33.1 Å². The van der Waals surface area contributed by atoms with E-state index in [2.05, 4.69) is 112 Å². The Kier molecular flexibility index (Phi) is 5.15. The lowest BCUT2D eigenvalue weighted by Gasteiger charge is -2.39. The monoisotopic (exact) mass is 433 g/mol. The quantitative estimate of drug-likeness (QED) is 0.471. The van der Waals surface area contributed by atoms with Crippen molar-refractivity contribution in [3.63, 3.8) is 0 Å². The summed E-state index contributed by atoms with van der Waals surface area (Å²) in [5.74, 6) is 0. The molecule has 2 aromatic rings. The van der Waals surface area contributed by atoms with Gasteiger partial charge in [0, 0.05) is 25.9 Å². The van der Waals surface area contributed by atoms with Gasteiger partial charge in [-0.05, 0) is 63.4 Å². The molecule has 154 valence electrons. The Morgan fingerprint density at radius 2 is 1.63 bits per heavy atom. The summed E-state index contributed by atoms with van der Waals surface area (Å²) in [6.45, 7) is 7.07. The van der Waals surface area contributed by atoms with Crippen molar-refractivity contribution < 1.29 is 4.58 Å². The fourth-order valence-electron chi connectivity index (χ4n) is 4.70. The summed E-state index contributed by atoms with van der Waals surface area (Å²) >= 11 is 7.14. The fraction of sp³-hybridized carbons (Fsp3) is 0.269. The highest BCUT2D eigenvalue weighted by atomic mass is 35.5. The SMILES string of the molecule is Cc1ccccc1C1=C2C=CC(=[N+](C)C)C(Cl)=C2[Si](C)(C)c2cc(N(C)C)ccc21. The first kappa shape index (κ1) is 20.9. The summed E-state index contributed by atoms with van der Waals surface area (Å²) in [7, 11) is 6.31. The number of rotatable bonds is 2. The van der Waals surface area contributed by atoms with E-state index in [1.54, 1.807) is 0 Å². The van der Waals surface area contributed by atoms with Crippen molar-refractivity contribution in [1.82, 2.24) is 0 Å². The molecule has 2 nitrogen and oxygen atoms in total. The number of allylic oxidation sites excluding steroid dienone is 5. The predicted octanol–water partition coefficient (Wildman–Crippen LogP) is 5.11. The smallest absolute Gasteiger partial charge is 0.218 e. The number of hydrogen-bond donors (Lipinski definition) is 0. The van der Waals surface area contributed by atoms with Gasteiger partial charge in [-0.15, -0.1) is 0 Å². The number of aryl methyl sites for hydroxylation is 1. The average Bonchev–Trinajstić information content (AvgIpc) is 2.68. The van der Waals surface area contributed by atoms with Gasteiger partial charge in [0.15, 0.2) is 0 Å². The third-order valence-corrected chi connectivity index (χ3v) is 10.4. The summed E-state index contributed by atoms with van der Waals surface area (Å²) in [6.07, 6.45) is 4.46. The molecule has 4 heteroatoms. The minimum absolute atomic E-state index is 0.904. The lowest BCUT2D eigenvalue weighted by molar-refractivity contribution is -0.462. The molecule has 0 saturated carbocycles. The minimum atomic E-state index is -2.03. The van der Waals surface area contributed by atoms with Crippen LogP contribution in [0.4, 0.5) is 5.69 Å². The predicted molar refractivity (Wildman–Crippen MR) is 134 cm³/mol. The van der Waals surface area contributed by atoms with Gasteiger partial charge in [-0.2, -0.15) is 0 Å². The Labute approximate surface area is 186 Å². The van der Waals surface area contributed by atoms with E-state index in [1.165, 1.54) is 43.9 Å². The van der Waals surface area contributed by atoms with E-state index in [4.69, 9.17) is 11.6 Å². The molecule has 0 unspecified atom stereocenters. The van der Waals surface area contributed by atoms with Crippen molar-refractivity contribution in [2.24, 2.45) is 0 Å². The second-order valence-corrected chi connectivity index (χ2v) is 13.8. The number of hydrogen-bond acceptors (Lipinski definition) is 1. The molecule has 0 aromatic heterocycles. The number of anilines is 1. The van der Waals surface area contributed by atoms with Crippen LogP contribution in [0, 0.1) is 6.92 Å². The second kappa shape index (κ2) is 7.40. The van der Waals surface area contributed by atoms with Gasteiger partial charge in [0.25, 0.3) is 0 Å². The van der Waals surface area contributed by atoms with Crippen LogP contribution in [0.2, 0.25) is 13.1 Å². The van der Waals surface area contributed by atoms with Crippen LogP contribution in [-0.4, -0.2) is 46.6 Å². The lowest BCUT2D eigenvalue weighted by atomic mass is 9.87. The van der Waals surface area contributed by atoms with Crippen molar-refractivity contribution in [1.29, 1.82) is 0 Å². The molecule has 0 saturated heterocycles. The maximum atomic E-state index is 7.14. The molecule has 0 radical (unpaired) electrons. The standard InChI is InChI=1S/C26H30ClN2Si/c1-17-10-8-9-11-19(17)24-20-13-12-18(28(2)3)16-23(20)30(6,7)26-21(24)14-15-22(25(26)27)29(4)5/h8-16H,1-7H3/q+1. The second-order valence-electron chi connectivity index (χ2n) is 9.15. The Morgan fingerprint density at radius 3 is 2.27 bits per heavy atom. The molecule has 4 rings (SSSR count). The van der Waals surface area contributed by atoms with Crippen LogP contribution >= 0.6 is 11.6 Å². The molecule has 1 heterocycles. The Morgan fingerprint density at radius 1 is 0.933 bits per heavy atom. The van der Waals surface area contributed by atoms with Crippen LogP contribution < -0.4 is 10.1 Å². The molecule has 2 aliphatic rings. The molecule has 2 aromatic carbocycles. The van der Waals surface area contributed by atoms with E-state index in [0.29, 0.717) is 0 Å². The first-order valence-electron chi connectivity index (χ1n) is 10.4. The normalized spacial score (nSPS) is 17.1. The van der Waals surface area contributed by atoms with Gasteiger partial charge < -0.3 is 4.90 Å². The van der Waals surface area contributed by atoms with Crippen molar-refractivity contribution in [3.05, 3.63) is 87.1 Å². The highest BCUT2D eigenvalue weighted by Gasteiger charge is 2.43. The van der Waals surface area contributed by atoms with Gasteiger partial charge in [-0.25, -0.2) is 4.58 Å². The maximum Gasteiger partial charge on any atom is 0.218 e. The largest absolute Gasteiger partial charge is 0.378 e. The zero-order valence-electron chi connectivity index (χ0n) is 19.0. The van der Waals surface area contributed by atoms with E-state index >= 15 is 0 Å². The first-order chi connectivity index (χ1) is 14.1. The topological polar surface area (TPSA) is 6.25 Å². The van der Waals surface area contributed by atoms with Gasteiger partial charge in [0.1, 0.15) is 27.2 Å². The molecule has 0 atom stereocenters. The Balaban J connectivity index is 2.16. The van der Waals surface area contributed by atoms with Crippen molar-refractivity contribution in [2.45, 2.75) is 20.0 Å². The lowest BCUT2D eigenvalue weighted by Crippen LogP contribution is -2.50. The van der Waals surface area contributed by atoms with Crippen LogP contribution in [0.3, 0.4) is 0 Å². The first-order valence-corrected chi connectivity index (χ1v) is 13.8. The highest BCUT2D eigenvalue weighted by Crippen LogP contribution is 2.44. The third-order valence-electron chi connectivity index (χ3n) is 6.37. The number of benzene rings is 2. The molecule has 0 amide bonds. The van der Waals surface area contributed by atoms with Gasteiger partial charge in [-0.1, -0.05) is 55.0 Å². The van der Waals surface area contributed by atoms with Gasteiger partial charge in [0.05, 0.1) is 0 Å². The zero-order valence-corrected chi connectivity index (χ0v) is 20.7. The van der Waals surface area contributed by atoms with Crippen LogP contribution in [0.5, 0.6) is 0 Å². The molecule has 0 spiro atoms. The molecule has 0 fully saturated rings. The average molecular weight is 434 g/mol. The number of nitrogens with zero attached hydrogens (tertiary/aromatic N) is 2. The number of fused-ring (bicyclic) bond motifs is 2. The van der Waals surface area contributed by atoms with E-state index < -0.39 is 8.07 Å². The van der Waals surface area contributed by atoms with E-state index in [1.807, 2.05) is 0 Å². The van der Waals surface area contributed by atoms with E-state index in [-0.39, 0.29) is 0 Å². The third kappa shape index (κ3) is 3.12. The van der Waals surface area contributed by atoms with Gasteiger partial charge in [0.2, 0.25) is 5.71 Å². The molecule has 0 N–H and O–H groups in total. The summed E-state index contributed by atoms with van der Waals surface area (Å²) in [6, 6.07) is 15.6. The Hall–Kier alpha value is -2.36. The van der Waals surface area contributed by atoms with Crippen LogP contribution in [0.25, 0.3) is 5.57 Å². The highest BCUT2D eigenvalue weighted by molar-refractivity contribution is 6.98. The van der Waals surface area contributed by atoms with Gasteiger partial charge >= 0.3 is 0 Å². The molecular formula is C26H30ClN2Si+. The molecule has 1 aliphatic carbocycles. The fourth-order valence-corrected chi connectivity index (χ4v) is 8.96. The van der Waals surface area contributed by atoms with E-state index in [9.17, 15) is 0 Å². The van der Waals surface area contributed by atoms with Gasteiger partial charge in [-0.3, -0.25) is 0 Å². The van der Waals surface area contributed by atoms with Crippen LogP contribution in [0.1, 0.15) is 16.7 Å². The van der Waals surface area contributed by atoms with Crippen LogP contribution in [-0.2, 0) is 0 Å². The summed E-state index contributed by atoms with van der Waals surface area (Å²) in [4.78, 5) is 2.19. The van der Waals surface area contributed by atoms with Crippen LogP contribution in [0.15, 0.2) is 70.4 Å². The molecule has 0 bridgehead atoms. The summed E-state index contributed by atoms with van der Waals surface area (Å²) < 4.78 is 2.12. The number of halogens is 1. The summed E-state index contributed by atoms with van der Waals surface area (Å²) in [5, 5.41) is 3.70. The van der Waals surface area contributed by atoms with E-state index in [0.717, 1.165) is 10.7 Å². The Bertz CT molecular complexity index is 1180. The summed E-state index contributed by atoms with van der Waals surface area (Å²) in [5.41, 5.74) is 8.86. The molecule has 1 aliphatic heterocycles. The zero-order chi connectivity index (χ0) is 21.8. The maximum absolute atomic E-state index is 7.14.